The molecule has 0 aliphatic carbocycles. The Morgan fingerprint density at radius 1 is 0.905 bits per heavy atom. The monoisotopic (exact) mass is 334 g/mol. The third-order valence-corrected chi connectivity index (χ3v) is 5.95. The summed E-state index contributed by atoms with van der Waals surface area (Å²) in [4.78, 5) is 0. The average molecular weight is 335 g/mol. The lowest BCUT2D eigenvalue weighted by Crippen LogP contribution is -2.07. The van der Waals surface area contributed by atoms with Crippen LogP contribution >= 0.6 is 21.6 Å². The van der Waals surface area contributed by atoms with Gasteiger partial charge in [0.2, 0.25) is 0 Å². The van der Waals surface area contributed by atoms with Gasteiger partial charge in [-0.15, -0.1) is 0 Å². The maximum Gasteiger partial charge on any atom is 0.130 e. The molecule has 2 aromatic carbocycles. The van der Waals surface area contributed by atoms with Gasteiger partial charge in [0.25, 0.3) is 0 Å². The zero-order valence-corrected chi connectivity index (χ0v) is 14.1. The van der Waals surface area contributed by atoms with Gasteiger partial charge >= 0.3 is 0 Å². The molecule has 21 heavy (non-hydrogen) atoms. The van der Waals surface area contributed by atoms with Crippen LogP contribution < -0.4 is 0 Å². The van der Waals surface area contributed by atoms with E-state index < -0.39 is 11.2 Å². The Bertz CT molecular complexity index is 528. The molecule has 0 aromatic heterocycles. The highest BCUT2D eigenvalue weighted by molar-refractivity contribution is 8.77. The molecule has 0 spiro atoms. The Morgan fingerprint density at radius 2 is 1.52 bits per heavy atom. The molecule has 0 radical (unpaired) electrons. The molecule has 0 N–H and O–H groups in total. The van der Waals surface area contributed by atoms with Crippen LogP contribution in [0.15, 0.2) is 72.1 Å². The molecule has 1 atom stereocenters. The first kappa shape index (κ1) is 16.6. The molecule has 0 heterocycles. The zero-order valence-electron chi connectivity index (χ0n) is 11.7. The predicted molar refractivity (Wildman–Crippen MR) is 97.6 cm³/mol. The average Bonchev–Trinajstić information content (AvgIpc) is 2.53. The third-order valence-electron chi connectivity index (χ3n) is 2.74. The molecule has 2 aromatic rings. The highest BCUT2D eigenvalue weighted by Crippen LogP contribution is 2.26. The quantitative estimate of drug-likeness (QED) is 0.384. The fraction of sp³-hybridized carbons (Fsp3) is 0.176. The molecule has 0 amide bonds. The van der Waals surface area contributed by atoms with Gasteiger partial charge in [-0.05, 0) is 28.2 Å². The van der Waals surface area contributed by atoms with Crippen LogP contribution in [0.3, 0.4) is 0 Å². The van der Waals surface area contributed by atoms with Crippen LogP contribution in [0.4, 0.5) is 0 Å². The summed E-state index contributed by atoms with van der Waals surface area (Å²) in [7, 11) is 3.49. The van der Waals surface area contributed by atoms with Gasteiger partial charge in [0.05, 0.1) is 0 Å². The fourth-order valence-electron chi connectivity index (χ4n) is 1.72. The molecule has 4 heteroatoms. The first-order valence-corrected chi connectivity index (χ1v) is 10.6. The molecule has 0 fully saturated rings. The molecule has 1 nitrogen and oxygen atoms in total. The topological polar surface area (TPSA) is 23.1 Å². The molecule has 0 aliphatic heterocycles. The highest BCUT2D eigenvalue weighted by Gasteiger charge is 2.04. The maximum absolute atomic E-state index is 11.9. The van der Waals surface area contributed by atoms with Crippen LogP contribution in [-0.4, -0.2) is 10.3 Å². The summed E-state index contributed by atoms with van der Waals surface area (Å²) < 4.78 is 11.9. The van der Waals surface area contributed by atoms with Gasteiger partial charge in [0.15, 0.2) is 0 Å². The minimum atomic E-state index is -0.822. The lowest BCUT2D eigenvalue weighted by Gasteiger charge is -2.08. The first-order valence-electron chi connectivity index (χ1n) is 6.71. The van der Waals surface area contributed by atoms with Crippen molar-refractivity contribution in [2.45, 2.75) is 11.5 Å². The van der Waals surface area contributed by atoms with Crippen molar-refractivity contribution in [2.24, 2.45) is 0 Å². The van der Waals surface area contributed by atoms with Crippen molar-refractivity contribution in [1.29, 1.82) is 0 Å². The summed E-state index contributed by atoms with van der Waals surface area (Å²) in [5, 5.41) is 2.04. The van der Waals surface area contributed by atoms with E-state index in [2.05, 4.69) is 24.3 Å². The fourth-order valence-corrected chi connectivity index (χ4v) is 4.57. The highest BCUT2D eigenvalue weighted by atomic mass is 33.1. The molecule has 0 bridgehead atoms. The molecule has 0 aliphatic rings. The van der Waals surface area contributed by atoms with E-state index in [1.54, 1.807) is 21.6 Å². The summed E-state index contributed by atoms with van der Waals surface area (Å²) in [5.41, 5.74) is 2.46. The van der Waals surface area contributed by atoms with Gasteiger partial charge in [-0.3, -0.25) is 0 Å². The minimum Gasteiger partial charge on any atom is -0.616 e. The van der Waals surface area contributed by atoms with E-state index in [-0.39, 0.29) is 0 Å². The smallest absolute Gasteiger partial charge is 0.130 e. The molecule has 110 valence electrons. The second-order valence-corrected chi connectivity index (χ2v) is 8.23. The molecular formula is C17H18OS3. The molecule has 2 rings (SSSR count). The van der Waals surface area contributed by atoms with Crippen LogP contribution in [0.1, 0.15) is 11.1 Å². The van der Waals surface area contributed by atoms with Crippen molar-refractivity contribution in [3.63, 3.8) is 0 Å². The minimum absolute atomic E-state index is 0.619. The Morgan fingerprint density at radius 3 is 2.19 bits per heavy atom. The van der Waals surface area contributed by atoms with E-state index >= 15 is 0 Å². The number of benzene rings is 2. The van der Waals surface area contributed by atoms with Crippen LogP contribution in [0.2, 0.25) is 0 Å². The predicted octanol–water partition coefficient (Wildman–Crippen LogP) is 5.03. The lowest BCUT2D eigenvalue weighted by atomic mass is 10.2. The van der Waals surface area contributed by atoms with Gasteiger partial charge in [-0.2, -0.15) is 0 Å². The Hall–Kier alpha value is -0.810. The SMILES string of the molecule is [O-][S+](CC=CSSCc1ccccc1)Cc1ccccc1. The summed E-state index contributed by atoms with van der Waals surface area (Å²) in [6.07, 6.45) is 2.00. The summed E-state index contributed by atoms with van der Waals surface area (Å²) in [5.74, 6) is 2.24. The Kier molecular flexibility index (Phi) is 7.89. The summed E-state index contributed by atoms with van der Waals surface area (Å²) in [6.45, 7) is 0. The number of rotatable bonds is 8. The molecular weight excluding hydrogens is 316 g/mol. The van der Waals surface area contributed by atoms with Gasteiger partial charge in [-0.1, -0.05) is 82.3 Å². The zero-order chi connectivity index (χ0) is 14.8. The van der Waals surface area contributed by atoms with Crippen LogP contribution in [0.25, 0.3) is 0 Å². The van der Waals surface area contributed by atoms with Crippen LogP contribution in [0, 0.1) is 0 Å². The first-order chi connectivity index (χ1) is 10.3. The van der Waals surface area contributed by atoms with Crippen molar-refractivity contribution in [3.05, 3.63) is 83.3 Å². The van der Waals surface area contributed by atoms with Crippen molar-refractivity contribution < 1.29 is 4.55 Å². The summed E-state index contributed by atoms with van der Waals surface area (Å²) in [6, 6.07) is 20.4. The summed E-state index contributed by atoms with van der Waals surface area (Å²) >= 11 is -0.822. The van der Waals surface area contributed by atoms with Crippen molar-refractivity contribution in [1.82, 2.24) is 0 Å². The second kappa shape index (κ2) is 10.0. The van der Waals surface area contributed by atoms with Gasteiger partial charge in [0, 0.05) is 11.3 Å². The van der Waals surface area contributed by atoms with Crippen molar-refractivity contribution in [3.8, 4) is 0 Å². The standard InChI is InChI=1S/C17H18OS3/c18-21(15-17-10-5-2-6-11-17)13-7-12-19-20-14-16-8-3-1-4-9-16/h1-12H,13-15H2. The van der Waals surface area contributed by atoms with Gasteiger partial charge < -0.3 is 4.55 Å². The van der Waals surface area contributed by atoms with Crippen molar-refractivity contribution in [2.75, 3.05) is 5.75 Å². The van der Waals surface area contributed by atoms with E-state index in [4.69, 9.17) is 0 Å². The van der Waals surface area contributed by atoms with Crippen molar-refractivity contribution >= 4 is 32.8 Å². The van der Waals surface area contributed by atoms with E-state index in [0.717, 1.165) is 11.3 Å². The number of hydrogen-bond acceptors (Lipinski definition) is 3. The van der Waals surface area contributed by atoms with E-state index in [9.17, 15) is 4.55 Å². The molecule has 0 saturated heterocycles. The third kappa shape index (κ3) is 7.14. The second-order valence-electron chi connectivity index (χ2n) is 4.45. The molecule has 0 saturated carbocycles. The normalized spacial score (nSPS) is 12.6. The van der Waals surface area contributed by atoms with Gasteiger partial charge in [0.1, 0.15) is 11.5 Å². The van der Waals surface area contributed by atoms with E-state index in [0.29, 0.717) is 11.5 Å². The maximum atomic E-state index is 11.9. The molecule has 1 unspecified atom stereocenters. The van der Waals surface area contributed by atoms with Gasteiger partial charge in [-0.25, -0.2) is 0 Å². The van der Waals surface area contributed by atoms with Crippen LogP contribution in [-0.2, 0) is 22.7 Å². The Labute approximate surface area is 137 Å². The van der Waals surface area contributed by atoms with Crippen LogP contribution in [0.5, 0.6) is 0 Å². The lowest BCUT2D eigenvalue weighted by molar-refractivity contribution is 0.597. The van der Waals surface area contributed by atoms with E-state index in [1.165, 1.54) is 5.56 Å². The van der Waals surface area contributed by atoms with E-state index in [1.807, 2.05) is 47.9 Å². The number of hydrogen-bond donors (Lipinski definition) is 0. The Balaban J connectivity index is 1.59. The largest absolute Gasteiger partial charge is 0.616 e.